The Balaban J connectivity index is 1.68. The number of ether oxygens (including phenoxy) is 1. The van der Waals surface area contributed by atoms with Crippen LogP contribution >= 0.6 is 0 Å². The van der Waals surface area contributed by atoms with Crippen molar-refractivity contribution in [2.24, 2.45) is 0 Å². The van der Waals surface area contributed by atoms with E-state index in [1.165, 1.54) is 32.1 Å². The topological polar surface area (TPSA) is 60.2 Å². The van der Waals surface area contributed by atoms with E-state index in [9.17, 15) is 9.18 Å². The van der Waals surface area contributed by atoms with Crippen LogP contribution in [0.1, 0.15) is 67.7 Å². The fourth-order valence-corrected chi connectivity index (χ4v) is 4.39. The summed E-state index contributed by atoms with van der Waals surface area (Å²) in [5.41, 5.74) is 2.04. The van der Waals surface area contributed by atoms with Crippen LogP contribution in [0.2, 0.25) is 0 Å². The number of methoxy groups -OCH3 is 1. The zero-order valence-electron chi connectivity index (χ0n) is 18.2. The number of hydrogen-bond acceptors (Lipinski definition) is 4. The third-order valence-electron chi connectivity index (χ3n) is 6.01. The summed E-state index contributed by atoms with van der Waals surface area (Å²) in [5.74, 6) is 0.240. The van der Waals surface area contributed by atoms with Crippen LogP contribution in [0.4, 0.5) is 4.39 Å². The van der Waals surface area contributed by atoms with Gasteiger partial charge in [-0.05, 0) is 49.6 Å². The molecule has 2 heterocycles. The molecule has 0 aliphatic heterocycles. The summed E-state index contributed by atoms with van der Waals surface area (Å²) in [7, 11) is 1.41. The predicted octanol–water partition coefficient (Wildman–Crippen LogP) is 5.14. The number of imidazole rings is 1. The van der Waals surface area contributed by atoms with E-state index in [4.69, 9.17) is 9.72 Å². The molecule has 1 saturated carbocycles. The first-order chi connectivity index (χ1) is 15.1. The quantitative estimate of drug-likeness (QED) is 0.503. The molecule has 0 N–H and O–H groups in total. The normalized spacial score (nSPS) is 14.3. The van der Waals surface area contributed by atoms with Crippen LogP contribution in [0.3, 0.4) is 0 Å². The van der Waals surface area contributed by atoms with Gasteiger partial charge in [-0.1, -0.05) is 26.2 Å². The average molecular weight is 425 g/mol. The predicted molar refractivity (Wildman–Crippen MR) is 118 cm³/mol. The molecule has 4 rings (SSSR count). The van der Waals surface area contributed by atoms with Gasteiger partial charge in [0.05, 0.1) is 13.7 Å². The molecule has 2 aromatic heterocycles. The number of aromatic nitrogens is 3. The van der Waals surface area contributed by atoms with Gasteiger partial charge in [0.1, 0.15) is 11.3 Å². The summed E-state index contributed by atoms with van der Waals surface area (Å²) in [6, 6.07) is 8.58. The van der Waals surface area contributed by atoms with Crippen LogP contribution in [0, 0.1) is 5.82 Å². The summed E-state index contributed by atoms with van der Waals surface area (Å²) >= 11 is 0. The van der Waals surface area contributed by atoms with Crippen molar-refractivity contribution in [3.05, 3.63) is 53.7 Å². The maximum Gasteiger partial charge on any atom is 0.254 e. The smallest absolute Gasteiger partial charge is 0.254 e. The number of carbonyl (C=O) groups excluding carboxylic acids is 1. The van der Waals surface area contributed by atoms with Crippen molar-refractivity contribution in [3.8, 4) is 5.75 Å². The molecule has 0 unspecified atom stereocenters. The molecular formula is C24H29FN4O2. The minimum absolute atomic E-state index is 0.130. The number of nitrogens with zero attached hydrogens (tertiary/aromatic N) is 4. The van der Waals surface area contributed by atoms with E-state index >= 15 is 0 Å². The molecular weight excluding hydrogens is 395 g/mol. The number of halogens is 1. The fraction of sp³-hybridized carbons (Fsp3) is 0.458. The average Bonchev–Trinajstić information content (AvgIpc) is 3.43. The highest BCUT2D eigenvalue weighted by Crippen LogP contribution is 2.33. The van der Waals surface area contributed by atoms with Gasteiger partial charge in [0.25, 0.3) is 5.91 Å². The highest BCUT2D eigenvalue weighted by atomic mass is 19.1. The van der Waals surface area contributed by atoms with Gasteiger partial charge >= 0.3 is 0 Å². The number of hydrogen-bond donors (Lipinski definition) is 0. The van der Waals surface area contributed by atoms with Gasteiger partial charge in [0, 0.05) is 24.3 Å². The first-order valence-electron chi connectivity index (χ1n) is 11.1. The number of pyridine rings is 1. The van der Waals surface area contributed by atoms with E-state index in [2.05, 4.69) is 16.5 Å². The Morgan fingerprint density at radius 1 is 1.29 bits per heavy atom. The third-order valence-corrected chi connectivity index (χ3v) is 6.01. The Morgan fingerprint density at radius 2 is 2.10 bits per heavy atom. The van der Waals surface area contributed by atoms with Crippen LogP contribution < -0.4 is 4.74 Å². The van der Waals surface area contributed by atoms with Crippen LogP contribution in [0.25, 0.3) is 11.2 Å². The summed E-state index contributed by atoms with van der Waals surface area (Å²) in [5, 5.41) is 0. The number of carbonyl (C=O) groups is 1. The van der Waals surface area contributed by atoms with Crippen molar-refractivity contribution in [3.63, 3.8) is 0 Å². The van der Waals surface area contributed by atoms with E-state index in [1.807, 2.05) is 12.1 Å². The van der Waals surface area contributed by atoms with E-state index in [1.54, 1.807) is 17.2 Å². The number of benzene rings is 1. The molecule has 1 aliphatic carbocycles. The molecule has 3 aromatic rings. The summed E-state index contributed by atoms with van der Waals surface area (Å²) in [6.07, 6.45) is 8.21. The molecule has 1 aliphatic rings. The first-order valence-corrected chi connectivity index (χ1v) is 11.1. The number of unbranched alkanes of at least 4 members (excludes halogenated alkanes) is 1. The van der Waals surface area contributed by atoms with Crippen molar-refractivity contribution in [1.29, 1.82) is 0 Å². The van der Waals surface area contributed by atoms with Gasteiger partial charge in [-0.15, -0.1) is 0 Å². The molecule has 0 bridgehead atoms. The second-order valence-electron chi connectivity index (χ2n) is 8.11. The van der Waals surface area contributed by atoms with Crippen LogP contribution in [-0.4, -0.2) is 39.0 Å². The van der Waals surface area contributed by atoms with Crippen molar-refractivity contribution >= 4 is 17.1 Å². The van der Waals surface area contributed by atoms with Crippen LogP contribution in [-0.2, 0) is 6.54 Å². The molecule has 6 nitrogen and oxygen atoms in total. The number of fused-ring (bicyclic) bond motifs is 1. The van der Waals surface area contributed by atoms with Gasteiger partial charge < -0.3 is 14.2 Å². The molecule has 31 heavy (non-hydrogen) atoms. The highest BCUT2D eigenvalue weighted by Gasteiger charge is 2.26. The lowest BCUT2D eigenvalue weighted by atomic mass is 10.1. The zero-order chi connectivity index (χ0) is 21.8. The standard InChI is InChI=1S/C24H29FN4O2/c1-3-4-14-28(24(30)17-11-12-21(31-2)19(25)15-17)16-22-27-20-10-7-13-26-23(20)29(22)18-8-5-6-9-18/h7,10-13,15,18H,3-6,8-9,14,16H2,1-2H3. The van der Waals surface area contributed by atoms with Crippen LogP contribution in [0.15, 0.2) is 36.5 Å². The van der Waals surface area contributed by atoms with E-state index in [-0.39, 0.29) is 11.7 Å². The summed E-state index contributed by atoms with van der Waals surface area (Å²) < 4.78 is 21.5. The maximum atomic E-state index is 14.2. The lowest BCUT2D eigenvalue weighted by Crippen LogP contribution is -2.33. The molecule has 164 valence electrons. The van der Waals surface area contributed by atoms with E-state index in [0.29, 0.717) is 24.7 Å². The van der Waals surface area contributed by atoms with Crippen molar-refractivity contribution in [1.82, 2.24) is 19.4 Å². The fourth-order valence-electron chi connectivity index (χ4n) is 4.39. The minimum Gasteiger partial charge on any atom is -0.494 e. The SMILES string of the molecule is CCCCN(Cc1nc2cccnc2n1C1CCCC1)C(=O)c1ccc(OC)c(F)c1. The molecule has 0 radical (unpaired) electrons. The van der Waals surface area contributed by atoms with Crippen molar-refractivity contribution in [2.45, 2.75) is 58.0 Å². The Labute approximate surface area is 182 Å². The van der Waals surface area contributed by atoms with Gasteiger partial charge in [-0.2, -0.15) is 0 Å². The second-order valence-corrected chi connectivity index (χ2v) is 8.11. The third kappa shape index (κ3) is 4.40. The van der Waals surface area contributed by atoms with E-state index in [0.717, 1.165) is 42.7 Å². The first kappa shape index (κ1) is 21.3. The molecule has 7 heteroatoms. The lowest BCUT2D eigenvalue weighted by molar-refractivity contribution is 0.0733. The van der Waals surface area contributed by atoms with Crippen LogP contribution in [0.5, 0.6) is 5.75 Å². The summed E-state index contributed by atoms with van der Waals surface area (Å²) in [4.78, 5) is 24.5. The Bertz CT molecular complexity index is 1060. The molecule has 0 saturated heterocycles. The molecule has 0 spiro atoms. The Hall–Kier alpha value is -2.96. The van der Waals surface area contributed by atoms with E-state index < -0.39 is 5.82 Å². The summed E-state index contributed by atoms with van der Waals surface area (Å²) in [6.45, 7) is 3.05. The monoisotopic (exact) mass is 424 g/mol. The second kappa shape index (κ2) is 9.45. The van der Waals surface area contributed by atoms with Gasteiger partial charge in [0.2, 0.25) is 0 Å². The molecule has 1 amide bonds. The largest absolute Gasteiger partial charge is 0.494 e. The molecule has 1 fully saturated rings. The number of amides is 1. The molecule has 1 aromatic carbocycles. The zero-order valence-corrected chi connectivity index (χ0v) is 18.2. The maximum absolute atomic E-state index is 14.2. The Kier molecular flexibility index (Phi) is 6.49. The molecule has 0 atom stereocenters. The highest BCUT2D eigenvalue weighted by molar-refractivity contribution is 5.94. The minimum atomic E-state index is -0.536. The lowest BCUT2D eigenvalue weighted by Gasteiger charge is -2.24. The van der Waals surface area contributed by atoms with Gasteiger partial charge in [0.15, 0.2) is 17.2 Å². The van der Waals surface area contributed by atoms with Crippen molar-refractivity contribution < 1.29 is 13.9 Å². The number of rotatable bonds is 8. The van der Waals surface area contributed by atoms with Crippen molar-refractivity contribution in [2.75, 3.05) is 13.7 Å². The van der Waals surface area contributed by atoms with Gasteiger partial charge in [-0.3, -0.25) is 4.79 Å². The Morgan fingerprint density at radius 3 is 2.81 bits per heavy atom. The van der Waals surface area contributed by atoms with Gasteiger partial charge in [-0.25, -0.2) is 14.4 Å².